The maximum atomic E-state index is 10.8. The van der Waals surface area contributed by atoms with Gasteiger partial charge in [-0.25, -0.2) is 0 Å². The number of ether oxygens (including phenoxy) is 1. The van der Waals surface area contributed by atoms with Crippen LogP contribution in [0.2, 0.25) is 0 Å². The van der Waals surface area contributed by atoms with Gasteiger partial charge in [0.1, 0.15) is 11.5 Å². The number of benzene rings is 3. The van der Waals surface area contributed by atoms with Crippen molar-refractivity contribution < 1.29 is 20.1 Å². The average Bonchev–Trinajstić information content (AvgIpc) is 2.83. The Labute approximate surface area is 190 Å². The Bertz CT molecular complexity index is 1070. The molecule has 0 bridgehead atoms. The van der Waals surface area contributed by atoms with Gasteiger partial charge in [0, 0.05) is 11.3 Å². The number of phenolic OH excluding ortho intramolecular Hbond substituents is 1. The molecule has 0 aliphatic rings. The molecule has 0 spiro atoms. The van der Waals surface area contributed by atoms with Gasteiger partial charge in [0.25, 0.3) is 0 Å². The number of rotatable bonds is 10. The highest BCUT2D eigenvalue weighted by Crippen LogP contribution is 2.32. The minimum Gasteiger partial charge on any atom is -0.507 e. The molecule has 3 atom stereocenters. The molecule has 0 heterocycles. The second kappa shape index (κ2) is 11.0. The maximum absolute atomic E-state index is 10.8. The van der Waals surface area contributed by atoms with Gasteiger partial charge in [-0.15, -0.1) is 6.58 Å². The molecule has 0 saturated carbocycles. The average molecular weight is 433 g/mol. The van der Waals surface area contributed by atoms with E-state index in [2.05, 4.69) is 19.6 Å². The Morgan fingerprint density at radius 2 is 1.69 bits per heavy atom. The standard InChI is InChI=1S/C28H32O4/c1-4-19(18-21-13-17-27(30)25-9-7-6-8-24(21)25)10-16-26(29)23(5-2)28(31)20-11-14-22(32-3)15-12-20/h5-9,11-15,17-18,23,26,28-31H,2,4,10,16H2,1,3H3/b19-18+/t23-,26-,28-/m1/s1. The summed E-state index contributed by atoms with van der Waals surface area (Å²) in [5, 5.41) is 33.6. The smallest absolute Gasteiger partial charge is 0.123 e. The van der Waals surface area contributed by atoms with E-state index in [0.717, 1.165) is 34.1 Å². The van der Waals surface area contributed by atoms with E-state index < -0.39 is 18.1 Å². The maximum Gasteiger partial charge on any atom is 0.123 e. The van der Waals surface area contributed by atoms with E-state index in [1.807, 2.05) is 30.3 Å². The van der Waals surface area contributed by atoms with Crippen molar-refractivity contribution in [2.75, 3.05) is 7.11 Å². The van der Waals surface area contributed by atoms with E-state index in [1.54, 1.807) is 43.5 Å². The molecule has 0 aliphatic heterocycles. The first-order valence-corrected chi connectivity index (χ1v) is 11.0. The molecule has 4 nitrogen and oxygen atoms in total. The van der Waals surface area contributed by atoms with Crippen LogP contribution in [0.4, 0.5) is 0 Å². The molecule has 0 aromatic heterocycles. The zero-order valence-electron chi connectivity index (χ0n) is 18.7. The van der Waals surface area contributed by atoms with Crippen LogP contribution < -0.4 is 4.74 Å². The molecular formula is C28H32O4. The second-order valence-corrected chi connectivity index (χ2v) is 8.01. The molecule has 0 amide bonds. The minimum atomic E-state index is -0.844. The molecule has 0 unspecified atom stereocenters. The largest absolute Gasteiger partial charge is 0.507 e. The Hall–Kier alpha value is -3.08. The van der Waals surface area contributed by atoms with Gasteiger partial charge < -0.3 is 20.1 Å². The van der Waals surface area contributed by atoms with Crippen molar-refractivity contribution in [2.45, 2.75) is 38.4 Å². The Morgan fingerprint density at radius 3 is 2.31 bits per heavy atom. The normalized spacial score (nSPS) is 14.7. The van der Waals surface area contributed by atoms with E-state index >= 15 is 0 Å². The van der Waals surface area contributed by atoms with E-state index in [4.69, 9.17) is 4.74 Å². The zero-order valence-corrected chi connectivity index (χ0v) is 18.7. The molecule has 0 saturated heterocycles. The van der Waals surface area contributed by atoms with Gasteiger partial charge in [0.2, 0.25) is 0 Å². The highest BCUT2D eigenvalue weighted by Gasteiger charge is 2.25. The molecule has 168 valence electrons. The molecule has 3 N–H and O–H groups in total. The first kappa shape index (κ1) is 23.6. The molecule has 0 fully saturated rings. The fourth-order valence-electron chi connectivity index (χ4n) is 4.05. The first-order chi connectivity index (χ1) is 15.5. The summed E-state index contributed by atoms with van der Waals surface area (Å²) in [6.07, 6.45) is 4.26. The van der Waals surface area contributed by atoms with Crippen LogP contribution in [0.25, 0.3) is 16.8 Å². The third-order valence-corrected chi connectivity index (χ3v) is 6.05. The van der Waals surface area contributed by atoms with Crippen LogP contribution in [-0.2, 0) is 0 Å². The van der Waals surface area contributed by atoms with Gasteiger partial charge in [-0.2, -0.15) is 0 Å². The quantitative estimate of drug-likeness (QED) is 0.342. The summed E-state index contributed by atoms with van der Waals surface area (Å²) >= 11 is 0. The summed E-state index contributed by atoms with van der Waals surface area (Å²) in [5.41, 5.74) is 2.96. The summed E-state index contributed by atoms with van der Waals surface area (Å²) in [6.45, 7) is 5.93. The number of aliphatic hydroxyl groups excluding tert-OH is 2. The third kappa shape index (κ3) is 5.39. The number of hydrogen-bond donors (Lipinski definition) is 3. The highest BCUT2D eigenvalue weighted by atomic mass is 16.5. The topological polar surface area (TPSA) is 69.9 Å². The summed E-state index contributed by atoms with van der Waals surface area (Å²) in [6, 6.07) is 18.6. The number of allylic oxidation sites excluding steroid dienone is 1. The summed E-state index contributed by atoms with van der Waals surface area (Å²) < 4.78 is 5.17. The monoisotopic (exact) mass is 432 g/mol. The number of hydrogen-bond acceptors (Lipinski definition) is 4. The molecular weight excluding hydrogens is 400 g/mol. The Morgan fingerprint density at radius 1 is 1.00 bits per heavy atom. The summed E-state index contributed by atoms with van der Waals surface area (Å²) in [5.74, 6) is 0.514. The number of fused-ring (bicyclic) bond motifs is 1. The van der Waals surface area contributed by atoms with Crippen LogP contribution in [0, 0.1) is 5.92 Å². The predicted octanol–water partition coefficient (Wildman–Crippen LogP) is 6.02. The molecule has 3 rings (SSSR count). The van der Waals surface area contributed by atoms with Crippen LogP contribution in [0.15, 0.2) is 78.9 Å². The lowest BCUT2D eigenvalue weighted by atomic mass is 9.87. The molecule has 0 radical (unpaired) electrons. The number of aromatic hydroxyl groups is 1. The zero-order chi connectivity index (χ0) is 23.1. The van der Waals surface area contributed by atoms with Crippen molar-refractivity contribution in [1.82, 2.24) is 0 Å². The fourth-order valence-corrected chi connectivity index (χ4v) is 4.05. The fraction of sp³-hybridized carbons (Fsp3) is 0.286. The van der Waals surface area contributed by atoms with E-state index in [9.17, 15) is 15.3 Å². The van der Waals surface area contributed by atoms with Gasteiger partial charge in [-0.1, -0.05) is 67.1 Å². The SMILES string of the molecule is C=C[C@H]([C@H](O)CC/C(=C/c1ccc(O)c2ccccc12)CC)[C@H](O)c1ccc(OC)cc1. The van der Waals surface area contributed by atoms with E-state index in [1.165, 1.54) is 5.57 Å². The molecule has 3 aromatic carbocycles. The molecule has 32 heavy (non-hydrogen) atoms. The van der Waals surface area contributed by atoms with Gasteiger partial charge in [-0.05, 0) is 54.0 Å². The lowest BCUT2D eigenvalue weighted by Crippen LogP contribution is -2.25. The van der Waals surface area contributed by atoms with Crippen molar-refractivity contribution in [3.05, 3.63) is 90.0 Å². The van der Waals surface area contributed by atoms with Crippen LogP contribution in [0.5, 0.6) is 11.5 Å². The second-order valence-electron chi connectivity index (χ2n) is 8.01. The Kier molecular flexibility index (Phi) is 8.09. The predicted molar refractivity (Wildman–Crippen MR) is 131 cm³/mol. The van der Waals surface area contributed by atoms with Gasteiger partial charge in [0.05, 0.1) is 19.3 Å². The van der Waals surface area contributed by atoms with Crippen LogP contribution in [0.1, 0.15) is 43.4 Å². The lowest BCUT2D eigenvalue weighted by molar-refractivity contribution is 0.0318. The Balaban J connectivity index is 1.73. The van der Waals surface area contributed by atoms with Crippen LogP contribution in [-0.4, -0.2) is 28.5 Å². The third-order valence-electron chi connectivity index (χ3n) is 6.05. The molecule has 4 heteroatoms. The lowest BCUT2D eigenvalue weighted by Gasteiger charge is -2.25. The van der Waals surface area contributed by atoms with Crippen molar-refractivity contribution >= 4 is 16.8 Å². The van der Waals surface area contributed by atoms with Crippen molar-refractivity contribution in [3.8, 4) is 11.5 Å². The number of aliphatic hydroxyl groups is 2. The van der Waals surface area contributed by atoms with Crippen LogP contribution in [0.3, 0.4) is 0 Å². The van der Waals surface area contributed by atoms with Gasteiger partial charge >= 0.3 is 0 Å². The van der Waals surface area contributed by atoms with Crippen molar-refractivity contribution in [2.24, 2.45) is 5.92 Å². The number of methoxy groups -OCH3 is 1. The van der Waals surface area contributed by atoms with E-state index in [-0.39, 0.29) is 5.75 Å². The summed E-state index contributed by atoms with van der Waals surface area (Å²) in [4.78, 5) is 0. The summed E-state index contributed by atoms with van der Waals surface area (Å²) in [7, 11) is 1.60. The highest BCUT2D eigenvalue weighted by molar-refractivity contribution is 5.94. The van der Waals surface area contributed by atoms with E-state index in [0.29, 0.717) is 12.8 Å². The first-order valence-electron chi connectivity index (χ1n) is 11.0. The number of phenols is 1. The molecule has 0 aliphatic carbocycles. The van der Waals surface area contributed by atoms with Crippen molar-refractivity contribution in [3.63, 3.8) is 0 Å². The van der Waals surface area contributed by atoms with Gasteiger partial charge in [0.15, 0.2) is 0 Å². The molecule has 3 aromatic rings. The van der Waals surface area contributed by atoms with Gasteiger partial charge in [-0.3, -0.25) is 0 Å². The van der Waals surface area contributed by atoms with Crippen molar-refractivity contribution in [1.29, 1.82) is 0 Å². The van der Waals surface area contributed by atoms with Crippen LogP contribution >= 0.6 is 0 Å². The minimum absolute atomic E-state index is 0.271.